The van der Waals surface area contributed by atoms with Crippen molar-refractivity contribution in [3.8, 4) is 0 Å². The fraction of sp³-hybridized carbons (Fsp3) is 0. The van der Waals surface area contributed by atoms with Gasteiger partial charge in [0.15, 0.2) is 0 Å². The highest BCUT2D eigenvalue weighted by molar-refractivity contribution is 7.86. The average molecular weight is 700 g/mol. The Morgan fingerprint density at radius 1 is 0.404 bits per heavy atom. The summed E-state index contributed by atoms with van der Waals surface area (Å²) in [6.45, 7) is 0. The predicted octanol–water partition coefficient (Wildman–Crippen LogP) is 4.17. The quantitative estimate of drug-likeness (QED) is 0.0950. The van der Waals surface area contributed by atoms with Crippen molar-refractivity contribution in [2.45, 2.75) is 14.7 Å². The number of rotatable bonds is 3. The number of nitrogen functional groups attached to an aromatic ring is 5. The zero-order chi connectivity index (χ0) is 34.9. The van der Waals surface area contributed by atoms with Crippen molar-refractivity contribution in [3.63, 3.8) is 0 Å². The molecule has 0 spiro atoms. The normalized spacial score (nSPS) is 11.8. The maximum atomic E-state index is 11.2. The first-order valence-electron chi connectivity index (χ1n) is 13.1. The summed E-state index contributed by atoms with van der Waals surface area (Å²) in [6, 6.07) is 24.5. The van der Waals surface area contributed by atoms with Crippen LogP contribution in [0.2, 0.25) is 0 Å². The molecule has 0 radical (unpaired) electrons. The van der Waals surface area contributed by atoms with Gasteiger partial charge in [-0.25, -0.2) is 0 Å². The van der Waals surface area contributed by atoms with E-state index in [-0.39, 0.29) is 25.8 Å². The highest BCUT2D eigenvalue weighted by Crippen LogP contribution is 2.32. The van der Waals surface area contributed by atoms with Crippen molar-refractivity contribution < 1.29 is 38.9 Å². The molecule has 6 aromatic carbocycles. The summed E-state index contributed by atoms with van der Waals surface area (Å²) in [5, 5.41) is 3.39. The topological polar surface area (TPSA) is 293 Å². The van der Waals surface area contributed by atoms with Crippen molar-refractivity contribution in [3.05, 3.63) is 97.1 Å². The Morgan fingerprint density at radius 3 is 1.45 bits per heavy atom. The molecule has 0 amide bonds. The summed E-state index contributed by atoms with van der Waals surface area (Å²) >= 11 is 0. The summed E-state index contributed by atoms with van der Waals surface area (Å²) < 4.78 is 92.9. The van der Waals surface area contributed by atoms with Gasteiger partial charge in [0.05, 0.1) is 9.79 Å². The lowest BCUT2D eigenvalue weighted by molar-refractivity contribution is 0.481. The van der Waals surface area contributed by atoms with Crippen molar-refractivity contribution in [1.82, 2.24) is 0 Å². The molecule has 0 aliphatic rings. The fourth-order valence-electron chi connectivity index (χ4n) is 4.61. The van der Waals surface area contributed by atoms with Crippen LogP contribution in [0.25, 0.3) is 32.3 Å². The van der Waals surface area contributed by atoms with E-state index >= 15 is 0 Å². The molecule has 0 aromatic heterocycles. The van der Waals surface area contributed by atoms with E-state index in [0.717, 1.165) is 5.39 Å². The Bertz CT molecular complexity index is 2500. The van der Waals surface area contributed by atoms with E-state index in [1.807, 2.05) is 6.07 Å². The molecular weight excluding hydrogens is 671 g/mol. The van der Waals surface area contributed by atoms with Crippen LogP contribution in [0.15, 0.2) is 112 Å². The van der Waals surface area contributed by atoms with Gasteiger partial charge >= 0.3 is 0 Å². The van der Waals surface area contributed by atoms with Crippen molar-refractivity contribution in [2.75, 3.05) is 28.7 Å². The van der Waals surface area contributed by atoms with Gasteiger partial charge in [-0.05, 0) is 66.0 Å². The van der Waals surface area contributed by atoms with Crippen LogP contribution < -0.4 is 28.7 Å². The zero-order valence-corrected chi connectivity index (χ0v) is 26.6. The predicted molar refractivity (Wildman–Crippen MR) is 183 cm³/mol. The Balaban J connectivity index is 0.000000160. The molecule has 0 aliphatic carbocycles. The molecule has 0 unspecified atom stereocenters. The van der Waals surface area contributed by atoms with Gasteiger partial charge in [-0.3, -0.25) is 13.7 Å². The molecule has 17 heteroatoms. The van der Waals surface area contributed by atoms with Gasteiger partial charge in [-0.2, -0.15) is 25.3 Å². The largest absolute Gasteiger partial charge is 0.398 e. The lowest BCUT2D eigenvalue weighted by Crippen LogP contribution is -2.02. The lowest BCUT2D eigenvalue weighted by atomic mass is 10.1. The van der Waals surface area contributed by atoms with E-state index in [1.165, 1.54) is 48.5 Å². The second-order valence-corrected chi connectivity index (χ2v) is 14.3. The van der Waals surface area contributed by atoms with E-state index < -0.39 is 30.4 Å². The standard InChI is InChI=1S/2C10H10N2O3S.C10H9NO3S/c11-9-3-4-10(12)8-5-6(16(13,14)15)1-2-7(8)9;11-7-4-5-8(12)10-6(7)2-1-3-9(10)16(13,14)15;11-10-3-1-2-7-4-5-8(6-9(7)10)15(12,13)14/h2*1-5H,11-12H2,(H,13,14,15);1-6H,11H2,(H,12,13,14). The van der Waals surface area contributed by atoms with Gasteiger partial charge in [-0.1, -0.05) is 36.4 Å². The van der Waals surface area contributed by atoms with Crippen LogP contribution in [0.3, 0.4) is 0 Å². The van der Waals surface area contributed by atoms with Crippen molar-refractivity contribution >= 4 is 91.1 Å². The molecule has 14 nitrogen and oxygen atoms in total. The number of hydrogen-bond acceptors (Lipinski definition) is 11. The minimum absolute atomic E-state index is 0.145. The number of hydrogen-bond donors (Lipinski definition) is 8. The molecule has 0 fully saturated rings. The molecule has 246 valence electrons. The number of fused-ring (bicyclic) bond motifs is 3. The average Bonchev–Trinajstić information content (AvgIpc) is 3.00. The van der Waals surface area contributed by atoms with E-state index in [4.69, 9.17) is 42.3 Å². The Morgan fingerprint density at radius 2 is 0.872 bits per heavy atom. The third kappa shape index (κ3) is 7.80. The minimum Gasteiger partial charge on any atom is -0.398 e. The smallest absolute Gasteiger partial charge is 0.295 e. The Labute approximate surface area is 269 Å². The van der Waals surface area contributed by atoms with Gasteiger partial charge < -0.3 is 28.7 Å². The summed E-state index contributed by atoms with van der Waals surface area (Å²) in [5.41, 5.74) is 30.6. The number of anilines is 5. The maximum Gasteiger partial charge on any atom is 0.295 e. The monoisotopic (exact) mass is 699 g/mol. The molecular formula is C30H29N5O9S3. The molecule has 0 saturated heterocycles. The summed E-state index contributed by atoms with van der Waals surface area (Å²) in [4.78, 5) is -0.569. The van der Waals surface area contributed by atoms with E-state index in [1.54, 1.807) is 42.5 Å². The molecule has 0 saturated carbocycles. The molecule has 0 aliphatic heterocycles. The van der Waals surface area contributed by atoms with Crippen LogP contribution in [0, 0.1) is 0 Å². The van der Waals surface area contributed by atoms with Crippen molar-refractivity contribution in [1.29, 1.82) is 0 Å². The third-order valence-corrected chi connectivity index (χ3v) is 9.48. The first kappa shape index (κ1) is 34.7. The molecule has 13 N–H and O–H groups in total. The number of benzene rings is 6. The highest BCUT2D eigenvalue weighted by atomic mass is 32.2. The maximum absolute atomic E-state index is 11.2. The van der Waals surface area contributed by atoms with Gasteiger partial charge in [0.2, 0.25) is 0 Å². The van der Waals surface area contributed by atoms with Crippen LogP contribution in [0.4, 0.5) is 28.4 Å². The van der Waals surface area contributed by atoms with Gasteiger partial charge in [0.1, 0.15) is 4.90 Å². The van der Waals surface area contributed by atoms with E-state index in [9.17, 15) is 25.3 Å². The van der Waals surface area contributed by atoms with Crippen molar-refractivity contribution in [2.24, 2.45) is 0 Å². The second kappa shape index (κ2) is 12.9. The number of nitrogens with two attached hydrogens (primary N) is 5. The highest BCUT2D eigenvalue weighted by Gasteiger charge is 2.17. The first-order chi connectivity index (χ1) is 21.8. The van der Waals surface area contributed by atoms with Crippen LogP contribution in [-0.4, -0.2) is 38.9 Å². The van der Waals surface area contributed by atoms with E-state index in [0.29, 0.717) is 44.3 Å². The van der Waals surface area contributed by atoms with Gasteiger partial charge in [-0.15, -0.1) is 0 Å². The zero-order valence-electron chi connectivity index (χ0n) is 24.1. The summed E-state index contributed by atoms with van der Waals surface area (Å²) in [7, 11) is -12.7. The van der Waals surface area contributed by atoms with Gasteiger partial charge in [0, 0.05) is 55.4 Å². The van der Waals surface area contributed by atoms with Crippen LogP contribution in [-0.2, 0) is 30.4 Å². The summed E-state index contributed by atoms with van der Waals surface area (Å²) in [5.74, 6) is 0. The molecule has 0 bridgehead atoms. The SMILES string of the molecule is Nc1ccc(N)c2c(S(=O)(=O)O)cccc12.Nc1ccc(N)c2cc(S(=O)(=O)O)ccc12.Nc1cccc2ccc(S(=O)(=O)O)cc12. The van der Waals surface area contributed by atoms with E-state index in [2.05, 4.69) is 0 Å². The molecule has 0 atom stereocenters. The van der Waals surface area contributed by atoms with Crippen LogP contribution >= 0.6 is 0 Å². The third-order valence-electron chi connectivity index (χ3n) is 6.88. The van der Waals surface area contributed by atoms with Crippen LogP contribution in [0.5, 0.6) is 0 Å². The lowest BCUT2D eigenvalue weighted by Gasteiger charge is -2.08. The molecule has 0 heterocycles. The first-order valence-corrected chi connectivity index (χ1v) is 17.5. The fourth-order valence-corrected chi connectivity index (χ4v) is 6.36. The molecule has 6 rings (SSSR count). The Hall–Kier alpha value is -5.17. The van der Waals surface area contributed by atoms with Crippen LogP contribution in [0.1, 0.15) is 0 Å². The Kier molecular flexibility index (Phi) is 9.53. The molecule has 6 aromatic rings. The summed E-state index contributed by atoms with van der Waals surface area (Å²) in [6.07, 6.45) is 0. The molecule has 47 heavy (non-hydrogen) atoms. The van der Waals surface area contributed by atoms with Gasteiger partial charge in [0.25, 0.3) is 30.4 Å². The minimum atomic E-state index is -4.30. The second-order valence-electron chi connectivity index (χ2n) is 10.0.